The first-order chi connectivity index (χ1) is 10.8. The van der Waals surface area contributed by atoms with E-state index < -0.39 is 11.7 Å². The third-order valence-corrected chi connectivity index (χ3v) is 4.20. The first-order valence-corrected chi connectivity index (χ1v) is 8.74. The average molecular weight is 399 g/mol. The van der Waals surface area contributed by atoms with Crippen LogP contribution in [0.4, 0.5) is 10.7 Å². The van der Waals surface area contributed by atoms with Crippen LogP contribution in [0.3, 0.4) is 0 Å². The molecule has 0 aliphatic rings. The highest BCUT2D eigenvalue weighted by Gasteiger charge is 2.15. The molecule has 2 rings (SSSR count). The molecule has 0 spiro atoms. The Morgan fingerprint density at radius 3 is 2.74 bits per heavy atom. The molecule has 2 aromatic rings. The third kappa shape index (κ3) is 6.15. The van der Waals surface area contributed by atoms with E-state index in [2.05, 4.69) is 36.5 Å². The number of rotatable bonds is 5. The fourth-order valence-corrected chi connectivity index (χ4v) is 3.04. The number of carbonyl (C=O) groups excluding carboxylic acids is 1. The molecular formula is C15H19BrN4O2S. The van der Waals surface area contributed by atoms with E-state index in [9.17, 15) is 4.79 Å². The Morgan fingerprint density at radius 2 is 2.09 bits per heavy atom. The first-order valence-electron chi connectivity index (χ1n) is 7.13. The number of anilines is 1. The molecule has 0 atom stereocenters. The lowest BCUT2D eigenvalue weighted by Crippen LogP contribution is -2.35. The van der Waals surface area contributed by atoms with E-state index in [0.717, 1.165) is 14.4 Å². The topological polar surface area (TPSA) is 76.1 Å². The SMILES string of the molecule is CC(C)(C)OC(=O)NCCNc1nccc(-c2ccc(Br)s2)n1. The molecule has 0 radical (unpaired) electrons. The van der Waals surface area contributed by atoms with Gasteiger partial charge in [-0.2, -0.15) is 0 Å². The number of hydrogen-bond acceptors (Lipinski definition) is 6. The molecule has 23 heavy (non-hydrogen) atoms. The molecule has 0 unspecified atom stereocenters. The molecule has 0 aliphatic heterocycles. The maximum atomic E-state index is 11.5. The maximum Gasteiger partial charge on any atom is 0.407 e. The van der Waals surface area contributed by atoms with E-state index in [0.29, 0.717) is 19.0 Å². The van der Waals surface area contributed by atoms with Crippen molar-refractivity contribution in [3.63, 3.8) is 0 Å². The van der Waals surface area contributed by atoms with Crippen molar-refractivity contribution in [3.05, 3.63) is 28.2 Å². The Morgan fingerprint density at radius 1 is 1.30 bits per heavy atom. The van der Waals surface area contributed by atoms with Gasteiger partial charge in [0.05, 0.1) is 14.4 Å². The van der Waals surface area contributed by atoms with Gasteiger partial charge >= 0.3 is 6.09 Å². The Bertz CT molecular complexity index is 669. The first kappa shape index (κ1) is 17.7. The van der Waals surface area contributed by atoms with E-state index in [4.69, 9.17) is 4.74 Å². The molecule has 2 aromatic heterocycles. The molecule has 1 amide bonds. The van der Waals surface area contributed by atoms with Crippen LogP contribution in [0.15, 0.2) is 28.2 Å². The monoisotopic (exact) mass is 398 g/mol. The number of aromatic nitrogens is 2. The number of ether oxygens (including phenoxy) is 1. The molecule has 2 heterocycles. The molecular weight excluding hydrogens is 380 g/mol. The van der Waals surface area contributed by atoms with Gasteiger partial charge in [0.15, 0.2) is 0 Å². The minimum atomic E-state index is -0.496. The van der Waals surface area contributed by atoms with Crippen LogP contribution in [-0.2, 0) is 4.74 Å². The summed E-state index contributed by atoms with van der Waals surface area (Å²) in [5, 5.41) is 5.76. The highest BCUT2D eigenvalue weighted by molar-refractivity contribution is 9.11. The van der Waals surface area contributed by atoms with E-state index in [1.54, 1.807) is 17.5 Å². The summed E-state index contributed by atoms with van der Waals surface area (Å²) in [6.45, 7) is 6.41. The summed E-state index contributed by atoms with van der Waals surface area (Å²) in [4.78, 5) is 21.2. The van der Waals surface area contributed by atoms with Crippen LogP contribution in [0.5, 0.6) is 0 Å². The Labute approximate surface area is 147 Å². The maximum absolute atomic E-state index is 11.5. The van der Waals surface area contributed by atoms with Crippen molar-refractivity contribution in [1.82, 2.24) is 15.3 Å². The molecule has 0 aliphatic carbocycles. The summed E-state index contributed by atoms with van der Waals surface area (Å²) in [5.74, 6) is 0.526. The number of amides is 1. The van der Waals surface area contributed by atoms with Crippen molar-refractivity contribution in [2.75, 3.05) is 18.4 Å². The van der Waals surface area contributed by atoms with Crippen LogP contribution in [0, 0.1) is 0 Å². The number of carbonyl (C=O) groups is 1. The van der Waals surface area contributed by atoms with Gasteiger partial charge in [-0.25, -0.2) is 14.8 Å². The quantitative estimate of drug-likeness (QED) is 0.746. The zero-order valence-corrected chi connectivity index (χ0v) is 15.6. The van der Waals surface area contributed by atoms with Crippen molar-refractivity contribution in [2.45, 2.75) is 26.4 Å². The predicted molar refractivity (Wildman–Crippen MR) is 95.8 cm³/mol. The van der Waals surface area contributed by atoms with Gasteiger partial charge in [0, 0.05) is 19.3 Å². The molecule has 8 heteroatoms. The zero-order chi connectivity index (χ0) is 16.9. The van der Waals surface area contributed by atoms with Crippen LogP contribution in [-0.4, -0.2) is 34.8 Å². The standard InChI is InChI=1S/C15H19BrN4O2S/c1-15(2,3)22-14(21)19-9-8-18-13-17-7-6-10(20-13)11-4-5-12(16)23-11/h4-7H,8-9H2,1-3H3,(H,19,21)(H,17,18,20). The van der Waals surface area contributed by atoms with Crippen LogP contribution in [0.25, 0.3) is 10.6 Å². The number of halogens is 1. The molecule has 6 nitrogen and oxygen atoms in total. The fraction of sp³-hybridized carbons (Fsp3) is 0.400. The van der Waals surface area contributed by atoms with Gasteiger partial charge < -0.3 is 15.4 Å². The lowest BCUT2D eigenvalue weighted by Gasteiger charge is -2.19. The van der Waals surface area contributed by atoms with Gasteiger partial charge in [-0.3, -0.25) is 0 Å². The van der Waals surface area contributed by atoms with Gasteiger partial charge in [0.25, 0.3) is 0 Å². The van der Waals surface area contributed by atoms with E-state index in [1.165, 1.54) is 0 Å². The second-order valence-electron chi connectivity index (χ2n) is 5.72. The summed E-state index contributed by atoms with van der Waals surface area (Å²) < 4.78 is 6.21. The number of thiophene rings is 1. The summed E-state index contributed by atoms with van der Waals surface area (Å²) in [5.41, 5.74) is 0.363. The van der Waals surface area contributed by atoms with Crippen LogP contribution in [0.1, 0.15) is 20.8 Å². The summed E-state index contributed by atoms with van der Waals surface area (Å²) in [7, 11) is 0. The summed E-state index contributed by atoms with van der Waals surface area (Å²) in [6, 6.07) is 5.85. The van der Waals surface area contributed by atoms with Gasteiger partial charge in [-0.15, -0.1) is 11.3 Å². The third-order valence-electron chi connectivity index (χ3n) is 2.56. The molecule has 0 aromatic carbocycles. The Balaban J connectivity index is 1.81. The van der Waals surface area contributed by atoms with Gasteiger partial charge in [0.1, 0.15) is 5.60 Å². The highest BCUT2D eigenvalue weighted by atomic mass is 79.9. The largest absolute Gasteiger partial charge is 0.444 e. The van der Waals surface area contributed by atoms with Crippen molar-refractivity contribution >= 4 is 39.3 Å². The predicted octanol–water partition coefficient (Wildman–Crippen LogP) is 3.90. The van der Waals surface area contributed by atoms with Crippen LogP contribution >= 0.6 is 27.3 Å². The normalized spacial score (nSPS) is 11.1. The highest BCUT2D eigenvalue weighted by Crippen LogP contribution is 2.30. The smallest absolute Gasteiger partial charge is 0.407 e. The number of hydrogen-bond donors (Lipinski definition) is 2. The second kappa shape index (κ2) is 7.74. The van der Waals surface area contributed by atoms with Gasteiger partial charge in [0.2, 0.25) is 5.95 Å². The lowest BCUT2D eigenvalue weighted by molar-refractivity contribution is 0.0530. The molecule has 0 saturated heterocycles. The second-order valence-corrected chi connectivity index (χ2v) is 8.19. The summed E-state index contributed by atoms with van der Waals surface area (Å²) >= 11 is 5.05. The molecule has 0 fully saturated rings. The summed E-state index contributed by atoms with van der Waals surface area (Å²) in [6.07, 6.45) is 1.27. The minimum absolute atomic E-state index is 0.424. The lowest BCUT2D eigenvalue weighted by atomic mass is 10.2. The molecule has 2 N–H and O–H groups in total. The van der Waals surface area contributed by atoms with E-state index in [1.807, 2.05) is 39.0 Å². The van der Waals surface area contributed by atoms with Crippen molar-refractivity contribution in [3.8, 4) is 10.6 Å². The van der Waals surface area contributed by atoms with E-state index >= 15 is 0 Å². The Hall–Kier alpha value is -1.67. The number of nitrogens with one attached hydrogen (secondary N) is 2. The average Bonchev–Trinajstić information content (AvgIpc) is 2.89. The fourth-order valence-electron chi connectivity index (χ4n) is 1.69. The Kier molecular flexibility index (Phi) is 5.95. The number of nitrogens with zero attached hydrogens (tertiary/aromatic N) is 2. The molecule has 124 valence electrons. The number of alkyl carbamates (subject to hydrolysis) is 1. The van der Waals surface area contributed by atoms with E-state index in [-0.39, 0.29) is 0 Å². The van der Waals surface area contributed by atoms with Crippen molar-refractivity contribution in [1.29, 1.82) is 0 Å². The van der Waals surface area contributed by atoms with Crippen molar-refractivity contribution in [2.24, 2.45) is 0 Å². The molecule has 0 bridgehead atoms. The molecule has 0 saturated carbocycles. The zero-order valence-electron chi connectivity index (χ0n) is 13.2. The van der Waals surface area contributed by atoms with Crippen molar-refractivity contribution < 1.29 is 9.53 Å². The van der Waals surface area contributed by atoms with Gasteiger partial charge in [-0.1, -0.05) is 0 Å². The minimum Gasteiger partial charge on any atom is -0.444 e. The van der Waals surface area contributed by atoms with Crippen LogP contribution < -0.4 is 10.6 Å². The van der Waals surface area contributed by atoms with Crippen LogP contribution in [0.2, 0.25) is 0 Å². The van der Waals surface area contributed by atoms with Gasteiger partial charge in [-0.05, 0) is 54.9 Å².